The second-order valence-corrected chi connectivity index (χ2v) is 5.79. The molecular formula is C15H20ClNO2. The Morgan fingerprint density at radius 2 is 2.11 bits per heavy atom. The molecule has 1 aliphatic rings. The van der Waals surface area contributed by atoms with E-state index in [1.807, 2.05) is 0 Å². The fraction of sp³-hybridized carbons (Fsp3) is 0.533. The molecule has 4 heteroatoms. The Morgan fingerprint density at radius 3 is 2.68 bits per heavy atom. The molecular weight excluding hydrogens is 262 g/mol. The largest absolute Gasteiger partial charge is 0.508 e. The standard InChI is InChI=1S/C15H20ClNO2/c1-11-8-12(4-5-13(11)18)14(19)17-10-15(9-16)6-2-3-7-15/h4-5,8,18H,2-3,6-7,9-10H2,1H3,(H,17,19). The van der Waals surface area contributed by atoms with Gasteiger partial charge in [-0.15, -0.1) is 11.6 Å². The number of hydrogen-bond acceptors (Lipinski definition) is 2. The number of hydrogen-bond donors (Lipinski definition) is 2. The van der Waals surface area contributed by atoms with Crippen molar-refractivity contribution in [2.45, 2.75) is 32.6 Å². The number of benzene rings is 1. The van der Waals surface area contributed by atoms with Gasteiger partial charge >= 0.3 is 0 Å². The monoisotopic (exact) mass is 281 g/mol. The van der Waals surface area contributed by atoms with E-state index in [1.54, 1.807) is 25.1 Å². The van der Waals surface area contributed by atoms with Crippen molar-refractivity contribution in [1.82, 2.24) is 5.32 Å². The molecule has 1 aromatic carbocycles. The summed E-state index contributed by atoms with van der Waals surface area (Å²) < 4.78 is 0. The van der Waals surface area contributed by atoms with Crippen molar-refractivity contribution in [3.05, 3.63) is 29.3 Å². The van der Waals surface area contributed by atoms with E-state index in [0.717, 1.165) is 12.8 Å². The lowest BCUT2D eigenvalue weighted by molar-refractivity contribution is 0.0935. The number of alkyl halides is 1. The van der Waals surface area contributed by atoms with Gasteiger partial charge in [-0.05, 0) is 43.5 Å². The van der Waals surface area contributed by atoms with Crippen molar-refractivity contribution in [3.63, 3.8) is 0 Å². The first-order valence-electron chi connectivity index (χ1n) is 6.70. The Labute approximate surface area is 119 Å². The molecule has 19 heavy (non-hydrogen) atoms. The highest BCUT2D eigenvalue weighted by Gasteiger charge is 2.33. The molecule has 2 rings (SSSR count). The lowest BCUT2D eigenvalue weighted by Crippen LogP contribution is -2.37. The minimum atomic E-state index is -0.0977. The van der Waals surface area contributed by atoms with Crippen LogP contribution in [0.1, 0.15) is 41.6 Å². The Kier molecular flexibility index (Phi) is 4.35. The lowest BCUT2D eigenvalue weighted by Gasteiger charge is -2.26. The van der Waals surface area contributed by atoms with Crippen LogP contribution < -0.4 is 5.32 Å². The summed E-state index contributed by atoms with van der Waals surface area (Å²) in [5, 5.41) is 12.4. The number of carbonyl (C=O) groups excluding carboxylic acids is 1. The van der Waals surface area contributed by atoms with Crippen LogP contribution in [-0.4, -0.2) is 23.4 Å². The van der Waals surface area contributed by atoms with E-state index >= 15 is 0 Å². The van der Waals surface area contributed by atoms with Crippen molar-refractivity contribution in [2.24, 2.45) is 5.41 Å². The number of carbonyl (C=O) groups is 1. The average molecular weight is 282 g/mol. The van der Waals surface area contributed by atoms with E-state index < -0.39 is 0 Å². The van der Waals surface area contributed by atoms with Crippen LogP contribution in [0, 0.1) is 12.3 Å². The molecule has 0 bridgehead atoms. The molecule has 1 aliphatic carbocycles. The molecule has 1 aromatic rings. The first kappa shape index (κ1) is 14.2. The topological polar surface area (TPSA) is 49.3 Å². The molecule has 1 amide bonds. The maximum absolute atomic E-state index is 12.1. The van der Waals surface area contributed by atoms with E-state index in [9.17, 15) is 9.90 Å². The molecule has 2 N–H and O–H groups in total. The quantitative estimate of drug-likeness (QED) is 0.833. The van der Waals surface area contributed by atoms with Gasteiger partial charge in [0.05, 0.1) is 0 Å². The SMILES string of the molecule is Cc1cc(C(=O)NCC2(CCl)CCCC2)ccc1O. The van der Waals surface area contributed by atoms with E-state index in [2.05, 4.69) is 5.32 Å². The normalized spacial score (nSPS) is 17.4. The Morgan fingerprint density at radius 1 is 1.42 bits per heavy atom. The molecule has 0 radical (unpaired) electrons. The molecule has 1 saturated carbocycles. The van der Waals surface area contributed by atoms with Crippen LogP contribution in [-0.2, 0) is 0 Å². The van der Waals surface area contributed by atoms with Gasteiger partial charge < -0.3 is 10.4 Å². The van der Waals surface area contributed by atoms with Gasteiger partial charge in [0.2, 0.25) is 0 Å². The molecule has 1 fully saturated rings. The third-order valence-corrected chi connectivity index (χ3v) is 4.60. The predicted molar refractivity (Wildman–Crippen MR) is 76.8 cm³/mol. The number of halogens is 1. The van der Waals surface area contributed by atoms with Gasteiger partial charge in [-0.25, -0.2) is 0 Å². The number of aromatic hydroxyl groups is 1. The first-order chi connectivity index (χ1) is 9.06. The summed E-state index contributed by atoms with van der Waals surface area (Å²) in [6.07, 6.45) is 4.57. The van der Waals surface area contributed by atoms with Gasteiger partial charge in [0.25, 0.3) is 5.91 Å². The minimum Gasteiger partial charge on any atom is -0.508 e. The highest BCUT2D eigenvalue weighted by molar-refractivity contribution is 6.18. The molecule has 3 nitrogen and oxygen atoms in total. The molecule has 0 saturated heterocycles. The summed E-state index contributed by atoms with van der Waals surface area (Å²) in [4.78, 5) is 12.1. The van der Waals surface area contributed by atoms with E-state index in [0.29, 0.717) is 23.6 Å². The summed E-state index contributed by atoms with van der Waals surface area (Å²) in [5.74, 6) is 0.714. The van der Waals surface area contributed by atoms with Gasteiger partial charge in [-0.3, -0.25) is 4.79 Å². The number of aryl methyl sites for hydroxylation is 1. The zero-order valence-corrected chi connectivity index (χ0v) is 12.0. The van der Waals surface area contributed by atoms with Crippen LogP contribution >= 0.6 is 11.6 Å². The average Bonchev–Trinajstić information content (AvgIpc) is 2.89. The molecule has 0 heterocycles. The summed E-state index contributed by atoms with van der Waals surface area (Å²) >= 11 is 6.06. The Balaban J connectivity index is 1.99. The van der Waals surface area contributed by atoms with Gasteiger partial charge in [-0.2, -0.15) is 0 Å². The second-order valence-electron chi connectivity index (χ2n) is 5.52. The van der Waals surface area contributed by atoms with Crippen molar-refractivity contribution in [1.29, 1.82) is 0 Å². The zero-order chi connectivity index (χ0) is 13.9. The van der Waals surface area contributed by atoms with E-state index in [-0.39, 0.29) is 17.1 Å². The van der Waals surface area contributed by atoms with Gasteiger partial charge in [0, 0.05) is 23.4 Å². The van der Waals surface area contributed by atoms with E-state index in [4.69, 9.17) is 11.6 Å². The predicted octanol–water partition coefficient (Wildman–Crippen LogP) is 3.23. The minimum absolute atomic E-state index is 0.0726. The summed E-state index contributed by atoms with van der Waals surface area (Å²) in [6.45, 7) is 2.42. The van der Waals surface area contributed by atoms with Gasteiger partial charge in [0.15, 0.2) is 0 Å². The van der Waals surface area contributed by atoms with Crippen LogP contribution in [0.25, 0.3) is 0 Å². The first-order valence-corrected chi connectivity index (χ1v) is 7.24. The van der Waals surface area contributed by atoms with Crippen LogP contribution in [0.15, 0.2) is 18.2 Å². The Hall–Kier alpha value is -1.22. The number of amides is 1. The van der Waals surface area contributed by atoms with Crippen LogP contribution in [0.3, 0.4) is 0 Å². The van der Waals surface area contributed by atoms with E-state index in [1.165, 1.54) is 12.8 Å². The molecule has 0 atom stereocenters. The number of nitrogens with one attached hydrogen (secondary N) is 1. The zero-order valence-electron chi connectivity index (χ0n) is 11.2. The molecule has 104 valence electrons. The number of phenols is 1. The van der Waals surface area contributed by atoms with Crippen molar-refractivity contribution >= 4 is 17.5 Å². The second kappa shape index (κ2) is 5.83. The lowest BCUT2D eigenvalue weighted by atomic mass is 9.88. The van der Waals surface area contributed by atoms with Gasteiger partial charge in [-0.1, -0.05) is 12.8 Å². The maximum Gasteiger partial charge on any atom is 0.251 e. The van der Waals surface area contributed by atoms with Crippen molar-refractivity contribution in [3.8, 4) is 5.75 Å². The molecule has 0 aromatic heterocycles. The number of phenolic OH excluding ortho intramolecular Hbond substituents is 1. The van der Waals surface area contributed by atoms with Gasteiger partial charge in [0.1, 0.15) is 5.75 Å². The molecule has 0 unspecified atom stereocenters. The highest BCUT2D eigenvalue weighted by atomic mass is 35.5. The van der Waals surface area contributed by atoms with Crippen LogP contribution in [0.4, 0.5) is 0 Å². The van der Waals surface area contributed by atoms with Crippen molar-refractivity contribution in [2.75, 3.05) is 12.4 Å². The number of rotatable bonds is 4. The molecule has 0 aliphatic heterocycles. The third kappa shape index (κ3) is 3.21. The van der Waals surface area contributed by atoms with Crippen molar-refractivity contribution < 1.29 is 9.90 Å². The molecule has 0 spiro atoms. The smallest absolute Gasteiger partial charge is 0.251 e. The van der Waals surface area contributed by atoms with Crippen LogP contribution in [0.5, 0.6) is 5.75 Å². The summed E-state index contributed by atoms with van der Waals surface area (Å²) in [7, 11) is 0. The maximum atomic E-state index is 12.1. The fourth-order valence-corrected chi connectivity index (χ4v) is 3.01. The summed E-state index contributed by atoms with van der Waals surface area (Å²) in [6, 6.07) is 4.89. The summed E-state index contributed by atoms with van der Waals surface area (Å²) in [5.41, 5.74) is 1.36. The third-order valence-electron chi connectivity index (χ3n) is 4.03. The Bertz CT molecular complexity index is 467. The van der Waals surface area contributed by atoms with Crippen LogP contribution in [0.2, 0.25) is 0 Å². The highest BCUT2D eigenvalue weighted by Crippen LogP contribution is 2.38. The fourth-order valence-electron chi connectivity index (χ4n) is 2.65.